The summed E-state index contributed by atoms with van der Waals surface area (Å²) >= 11 is 1.72. The van der Waals surface area contributed by atoms with Gasteiger partial charge in [-0.15, -0.1) is 11.3 Å². The molecule has 0 aliphatic carbocycles. The highest BCUT2D eigenvalue weighted by atomic mass is 32.1. The average Bonchev–Trinajstić information content (AvgIpc) is 2.74. The lowest BCUT2D eigenvalue weighted by Crippen LogP contribution is -2.43. The Labute approximate surface area is 114 Å². The summed E-state index contributed by atoms with van der Waals surface area (Å²) in [5, 5.41) is 9.25. The van der Waals surface area contributed by atoms with E-state index in [1.807, 2.05) is 6.92 Å². The summed E-state index contributed by atoms with van der Waals surface area (Å²) < 4.78 is 37.3. The van der Waals surface area contributed by atoms with Crippen molar-refractivity contribution in [3.63, 3.8) is 0 Å². The second kappa shape index (κ2) is 5.81. The Kier molecular flexibility index (Phi) is 4.53. The first-order valence-electron chi connectivity index (χ1n) is 6.38. The molecule has 0 radical (unpaired) electrons. The van der Waals surface area contributed by atoms with E-state index in [4.69, 9.17) is 0 Å². The van der Waals surface area contributed by atoms with E-state index in [-0.39, 0.29) is 0 Å². The van der Waals surface area contributed by atoms with E-state index < -0.39 is 18.2 Å². The van der Waals surface area contributed by atoms with Crippen molar-refractivity contribution in [2.75, 3.05) is 13.1 Å². The maximum Gasteiger partial charge on any atom is 0.414 e. The van der Waals surface area contributed by atoms with Gasteiger partial charge in [-0.3, -0.25) is 4.90 Å². The number of nitrogens with zero attached hydrogens (tertiary/aromatic N) is 1. The van der Waals surface area contributed by atoms with Crippen LogP contribution in [-0.4, -0.2) is 35.4 Å². The molecule has 19 heavy (non-hydrogen) atoms. The van der Waals surface area contributed by atoms with E-state index in [0.29, 0.717) is 25.9 Å². The van der Waals surface area contributed by atoms with Crippen molar-refractivity contribution in [3.8, 4) is 0 Å². The molecule has 1 aliphatic heterocycles. The van der Waals surface area contributed by atoms with Gasteiger partial charge >= 0.3 is 6.18 Å². The lowest BCUT2D eigenvalue weighted by molar-refractivity contribution is -0.223. The molecule has 0 saturated carbocycles. The van der Waals surface area contributed by atoms with Crippen LogP contribution in [0.5, 0.6) is 0 Å². The molecule has 1 aromatic rings. The first-order valence-corrected chi connectivity index (χ1v) is 7.20. The first-order chi connectivity index (χ1) is 8.86. The molecule has 2 nitrogen and oxygen atoms in total. The number of hydrogen-bond donors (Lipinski definition) is 1. The van der Waals surface area contributed by atoms with Crippen LogP contribution in [0.15, 0.2) is 12.1 Å². The van der Waals surface area contributed by atoms with Crippen LogP contribution in [0.1, 0.15) is 22.6 Å². The maximum absolute atomic E-state index is 12.4. The van der Waals surface area contributed by atoms with Gasteiger partial charge in [-0.1, -0.05) is 0 Å². The van der Waals surface area contributed by atoms with Crippen LogP contribution < -0.4 is 0 Å². The summed E-state index contributed by atoms with van der Waals surface area (Å²) in [6.07, 6.45) is -5.84. The number of likely N-dealkylation sites (tertiary alicyclic amines) is 1. The summed E-state index contributed by atoms with van der Waals surface area (Å²) in [6, 6.07) is 4.12. The molecule has 1 aliphatic rings. The van der Waals surface area contributed by atoms with Crippen LogP contribution in [0.2, 0.25) is 0 Å². The lowest BCUT2D eigenvalue weighted by atomic mass is 9.91. The monoisotopic (exact) mass is 293 g/mol. The van der Waals surface area contributed by atoms with Crippen molar-refractivity contribution >= 4 is 11.3 Å². The highest BCUT2D eigenvalue weighted by Gasteiger charge is 2.44. The van der Waals surface area contributed by atoms with E-state index in [0.717, 1.165) is 6.54 Å². The normalized spacial score (nSPS) is 20.7. The molecule has 1 N–H and O–H groups in total. The quantitative estimate of drug-likeness (QED) is 0.925. The van der Waals surface area contributed by atoms with Crippen LogP contribution >= 0.6 is 11.3 Å². The summed E-state index contributed by atoms with van der Waals surface area (Å²) in [4.78, 5) is 4.65. The number of aliphatic hydroxyl groups is 1. The van der Waals surface area contributed by atoms with Gasteiger partial charge in [0, 0.05) is 16.3 Å². The Balaban J connectivity index is 1.82. The molecule has 2 rings (SSSR count). The topological polar surface area (TPSA) is 23.5 Å². The molecule has 0 spiro atoms. The van der Waals surface area contributed by atoms with Crippen molar-refractivity contribution in [2.24, 2.45) is 5.92 Å². The molecule has 108 valence electrons. The van der Waals surface area contributed by atoms with Crippen LogP contribution in [-0.2, 0) is 6.54 Å². The van der Waals surface area contributed by atoms with Crippen LogP contribution in [0.4, 0.5) is 13.2 Å². The van der Waals surface area contributed by atoms with Crippen molar-refractivity contribution in [1.29, 1.82) is 0 Å². The van der Waals surface area contributed by atoms with Crippen LogP contribution in [0.25, 0.3) is 0 Å². The summed E-state index contributed by atoms with van der Waals surface area (Å²) in [6.45, 7) is 4.08. The SMILES string of the molecule is Cc1ccc(CN2CCC(C(O)C(F)(F)F)CC2)s1. The summed E-state index contributed by atoms with van der Waals surface area (Å²) in [5.74, 6) is -0.652. The average molecular weight is 293 g/mol. The minimum Gasteiger partial charge on any atom is -0.383 e. The van der Waals surface area contributed by atoms with Crippen molar-refractivity contribution < 1.29 is 18.3 Å². The molecular weight excluding hydrogens is 275 g/mol. The molecule has 1 unspecified atom stereocenters. The third kappa shape index (κ3) is 3.94. The number of thiophene rings is 1. The van der Waals surface area contributed by atoms with Gasteiger partial charge in [0.05, 0.1) is 0 Å². The van der Waals surface area contributed by atoms with Crippen LogP contribution in [0, 0.1) is 12.8 Å². The van der Waals surface area contributed by atoms with E-state index in [2.05, 4.69) is 17.0 Å². The highest BCUT2D eigenvalue weighted by molar-refractivity contribution is 7.11. The zero-order valence-corrected chi connectivity index (χ0v) is 11.6. The molecule has 1 saturated heterocycles. The van der Waals surface area contributed by atoms with Gasteiger partial charge in [0.25, 0.3) is 0 Å². The van der Waals surface area contributed by atoms with Gasteiger partial charge in [-0.05, 0) is 50.9 Å². The van der Waals surface area contributed by atoms with Gasteiger partial charge in [-0.2, -0.15) is 13.2 Å². The molecule has 2 heterocycles. The third-order valence-corrected chi connectivity index (χ3v) is 4.58. The molecule has 6 heteroatoms. The molecule has 0 bridgehead atoms. The molecule has 0 amide bonds. The number of piperidine rings is 1. The minimum absolute atomic E-state index is 0.408. The Morgan fingerprint density at radius 1 is 1.37 bits per heavy atom. The zero-order valence-electron chi connectivity index (χ0n) is 10.8. The van der Waals surface area contributed by atoms with Gasteiger partial charge in [0.1, 0.15) is 0 Å². The number of aliphatic hydroxyl groups excluding tert-OH is 1. The van der Waals surface area contributed by atoms with E-state index >= 15 is 0 Å². The maximum atomic E-state index is 12.4. The predicted molar refractivity (Wildman–Crippen MR) is 69.1 cm³/mol. The number of alkyl halides is 3. The van der Waals surface area contributed by atoms with Crippen LogP contribution in [0.3, 0.4) is 0 Å². The molecule has 0 aromatic carbocycles. The van der Waals surface area contributed by atoms with Gasteiger partial charge in [0.15, 0.2) is 6.10 Å². The van der Waals surface area contributed by atoms with E-state index in [9.17, 15) is 18.3 Å². The largest absolute Gasteiger partial charge is 0.414 e. The Bertz CT molecular complexity index is 410. The fraction of sp³-hybridized carbons (Fsp3) is 0.692. The summed E-state index contributed by atoms with van der Waals surface area (Å²) in [7, 11) is 0. The fourth-order valence-corrected chi connectivity index (χ4v) is 3.42. The smallest absolute Gasteiger partial charge is 0.383 e. The van der Waals surface area contributed by atoms with Gasteiger partial charge in [-0.25, -0.2) is 0 Å². The lowest BCUT2D eigenvalue weighted by Gasteiger charge is -2.34. The van der Waals surface area contributed by atoms with Gasteiger partial charge in [0.2, 0.25) is 0 Å². The number of aryl methyl sites for hydroxylation is 1. The summed E-state index contributed by atoms with van der Waals surface area (Å²) in [5.41, 5.74) is 0. The molecule has 1 aromatic heterocycles. The highest BCUT2D eigenvalue weighted by Crippen LogP contribution is 2.32. The van der Waals surface area contributed by atoms with Gasteiger partial charge < -0.3 is 5.11 Å². The van der Waals surface area contributed by atoms with Crippen molar-refractivity contribution in [2.45, 2.75) is 38.6 Å². The number of halogens is 3. The first kappa shape index (κ1) is 14.8. The fourth-order valence-electron chi connectivity index (χ4n) is 2.48. The number of rotatable bonds is 3. The molecular formula is C13H18F3NOS. The standard InChI is InChI=1S/C13H18F3NOS/c1-9-2-3-11(19-9)8-17-6-4-10(5-7-17)12(18)13(14,15)16/h2-3,10,12,18H,4-8H2,1H3. The predicted octanol–water partition coefficient (Wildman–Crippen LogP) is 3.19. The number of hydrogen-bond acceptors (Lipinski definition) is 3. The van der Waals surface area contributed by atoms with Crippen molar-refractivity contribution in [1.82, 2.24) is 4.90 Å². The zero-order chi connectivity index (χ0) is 14.0. The minimum atomic E-state index is -4.49. The Morgan fingerprint density at radius 3 is 2.47 bits per heavy atom. The third-order valence-electron chi connectivity index (χ3n) is 3.59. The van der Waals surface area contributed by atoms with E-state index in [1.165, 1.54) is 9.75 Å². The Hall–Kier alpha value is -0.590. The van der Waals surface area contributed by atoms with E-state index in [1.54, 1.807) is 11.3 Å². The second-order valence-corrected chi connectivity index (χ2v) is 6.48. The molecule has 1 atom stereocenters. The molecule has 1 fully saturated rings. The Morgan fingerprint density at radius 2 is 2.00 bits per heavy atom. The van der Waals surface area contributed by atoms with Crippen molar-refractivity contribution in [3.05, 3.63) is 21.9 Å². The second-order valence-electron chi connectivity index (χ2n) is 5.11.